The van der Waals surface area contributed by atoms with Crippen LogP contribution in [0, 0.1) is 18.2 Å². The summed E-state index contributed by atoms with van der Waals surface area (Å²) in [6, 6.07) is 3.63. The Labute approximate surface area is 118 Å². The molecule has 19 heavy (non-hydrogen) atoms. The summed E-state index contributed by atoms with van der Waals surface area (Å²) in [5.74, 6) is -0.598. The Morgan fingerprint density at radius 1 is 1.47 bits per heavy atom. The van der Waals surface area contributed by atoms with Crippen molar-refractivity contribution in [3.63, 3.8) is 0 Å². The fourth-order valence-electron chi connectivity index (χ4n) is 1.30. The van der Waals surface area contributed by atoms with Gasteiger partial charge in [-0.25, -0.2) is 17.5 Å². The third-order valence-corrected chi connectivity index (χ3v) is 4.91. The van der Waals surface area contributed by atoms with Crippen molar-refractivity contribution in [3.05, 3.63) is 29.6 Å². The van der Waals surface area contributed by atoms with Crippen LogP contribution < -0.4 is 10.5 Å². The maximum Gasteiger partial charge on any atom is 0.240 e. The molecule has 1 rings (SSSR count). The van der Waals surface area contributed by atoms with Gasteiger partial charge in [0, 0.05) is 12.0 Å². The molecule has 0 aliphatic carbocycles. The van der Waals surface area contributed by atoms with Gasteiger partial charge in [-0.1, -0.05) is 32.1 Å². The first kappa shape index (κ1) is 16.0. The van der Waals surface area contributed by atoms with Crippen molar-refractivity contribution in [1.82, 2.24) is 4.72 Å². The molecule has 1 aromatic carbocycles. The van der Waals surface area contributed by atoms with Crippen LogP contribution in [0.3, 0.4) is 0 Å². The second kappa shape index (κ2) is 5.52. The predicted molar refractivity (Wildman–Crippen MR) is 76.9 cm³/mol. The van der Waals surface area contributed by atoms with E-state index in [1.165, 1.54) is 12.1 Å². The van der Waals surface area contributed by atoms with Crippen molar-refractivity contribution < 1.29 is 12.8 Å². The van der Waals surface area contributed by atoms with Crippen molar-refractivity contribution in [2.45, 2.75) is 25.7 Å². The van der Waals surface area contributed by atoms with E-state index in [1.807, 2.05) is 0 Å². The second-order valence-corrected chi connectivity index (χ2v) is 7.16. The molecule has 0 atom stereocenters. The minimum atomic E-state index is -3.79. The first-order chi connectivity index (χ1) is 8.56. The topological polar surface area (TPSA) is 72.2 Å². The number of rotatable bonds is 5. The highest BCUT2D eigenvalue weighted by atomic mass is 32.2. The molecule has 0 aromatic heterocycles. The molecule has 4 nitrogen and oxygen atoms in total. The molecule has 106 valence electrons. The van der Waals surface area contributed by atoms with Gasteiger partial charge in [-0.05, 0) is 24.6 Å². The van der Waals surface area contributed by atoms with Crippen LogP contribution in [0.4, 0.5) is 4.39 Å². The summed E-state index contributed by atoms with van der Waals surface area (Å²) in [6.07, 6.45) is 0. The molecule has 0 saturated heterocycles. The zero-order valence-corrected chi connectivity index (χ0v) is 12.7. The van der Waals surface area contributed by atoms with Gasteiger partial charge >= 0.3 is 0 Å². The number of thiocarbonyl (C=S) groups is 1. The summed E-state index contributed by atoms with van der Waals surface area (Å²) in [5.41, 5.74) is 5.35. The number of hydrogen-bond donors (Lipinski definition) is 2. The second-order valence-electron chi connectivity index (χ2n) is 4.98. The lowest BCUT2D eigenvalue weighted by atomic mass is 9.94. The van der Waals surface area contributed by atoms with Crippen molar-refractivity contribution in [3.8, 4) is 0 Å². The Bertz CT molecular complexity index is 598. The van der Waals surface area contributed by atoms with Crippen LogP contribution in [-0.4, -0.2) is 20.0 Å². The number of benzene rings is 1. The highest BCUT2D eigenvalue weighted by molar-refractivity contribution is 7.89. The quantitative estimate of drug-likeness (QED) is 0.813. The van der Waals surface area contributed by atoms with Gasteiger partial charge in [0.2, 0.25) is 10.0 Å². The van der Waals surface area contributed by atoms with Gasteiger partial charge < -0.3 is 5.73 Å². The first-order valence-electron chi connectivity index (χ1n) is 5.62. The van der Waals surface area contributed by atoms with Crippen molar-refractivity contribution in [2.24, 2.45) is 11.1 Å². The molecule has 0 aliphatic heterocycles. The Kier molecular flexibility index (Phi) is 4.65. The average molecular weight is 304 g/mol. The molecular weight excluding hydrogens is 287 g/mol. The van der Waals surface area contributed by atoms with Crippen LogP contribution in [0.15, 0.2) is 23.1 Å². The molecule has 0 spiro atoms. The summed E-state index contributed by atoms with van der Waals surface area (Å²) >= 11 is 4.87. The molecule has 0 saturated carbocycles. The van der Waals surface area contributed by atoms with Crippen LogP contribution >= 0.6 is 12.2 Å². The molecule has 0 unspecified atom stereocenters. The first-order valence-corrected chi connectivity index (χ1v) is 7.51. The van der Waals surface area contributed by atoms with E-state index >= 15 is 0 Å². The van der Waals surface area contributed by atoms with Crippen molar-refractivity contribution in [1.29, 1.82) is 0 Å². The maximum atomic E-state index is 13.1. The lowest BCUT2D eigenvalue weighted by molar-refractivity contribution is 0.501. The number of sulfonamides is 1. The lowest BCUT2D eigenvalue weighted by Gasteiger charge is -2.23. The van der Waals surface area contributed by atoms with Gasteiger partial charge in [0.25, 0.3) is 0 Å². The number of nitrogens with two attached hydrogens (primary N) is 1. The standard InChI is InChI=1S/C12H17FN2O2S2/c1-8-4-5-9(13)6-10(8)19(16,17)15-7-12(2,3)11(14)18/h4-6,15H,7H2,1-3H3,(H2,14,18). The Morgan fingerprint density at radius 2 is 2.05 bits per heavy atom. The molecule has 7 heteroatoms. The molecule has 0 heterocycles. The lowest BCUT2D eigenvalue weighted by Crippen LogP contribution is -2.41. The fraction of sp³-hybridized carbons (Fsp3) is 0.417. The summed E-state index contributed by atoms with van der Waals surface area (Å²) in [4.78, 5) is 0.136. The smallest absolute Gasteiger partial charge is 0.240 e. The normalized spacial score (nSPS) is 12.4. The molecule has 0 fully saturated rings. The van der Waals surface area contributed by atoms with E-state index in [-0.39, 0.29) is 16.4 Å². The Balaban J connectivity index is 3.00. The highest BCUT2D eigenvalue weighted by Crippen LogP contribution is 2.19. The van der Waals surface area contributed by atoms with E-state index in [9.17, 15) is 12.8 Å². The van der Waals surface area contributed by atoms with E-state index in [2.05, 4.69) is 4.72 Å². The van der Waals surface area contributed by atoms with Crippen LogP contribution in [0.1, 0.15) is 19.4 Å². The highest BCUT2D eigenvalue weighted by Gasteiger charge is 2.25. The van der Waals surface area contributed by atoms with E-state index in [1.54, 1.807) is 20.8 Å². The van der Waals surface area contributed by atoms with Gasteiger partial charge in [0.1, 0.15) is 5.82 Å². The third-order valence-electron chi connectivity index (χ3n) is 2.81. The number of halogens is 1. The van der Waals surface area contributed by atoms with Gasteiger partial charge in [-0.3, -0.25) is 0 Å². The van der Waals surface area contributed by atoms with Gasteiger partial charge in [-0.2, -0.15) is 0 Å². The monoisotopic (exact) mass is 304 g/mol. The van der Waals surface area contributed by atoms with Gasteiger partial charge in [-0.15, -0.1) is 0 Å². The molecular formula is C12H17FN2O2S2. The Morgan fingerprint density at radius 3 is 2.58 bits per heavy atom. The number of nitrogens with one attached hydrogen (secondary N) is 1. The van der Waals surface area contributed by atoms with Gasteiger partial charge in [0.15, 0.2) is 0 Å². The molecule has 3 N–H and O–H groups in total. The summed E-state index contributed by atoms with van der Waals surface area (Å²) in [5, 5.41) is 0. The summed E-state index contributed by atoms with van der Waals surface area (Å²) in [7, 11) is -3.79. The van der Waals surface area contributed by atoms with Crippen molar-refractivity contribution >= 4 is 27.2 Å². The molecule has 0 aliphatic rings. The maximum absolute atomic E-state index is 13.1. The van der Waals surface area contributed by atoms with Crippen LogP contribution in [0.2, 0.25) is 0 Å². The minimum absolute atomic E-state index is 0.0562. The summed E-state index contributed by atoms with van der Waals surface area (Å²) in [6.45, 7) is 5.12. The fourth-order valence-corrected chi connectivity index (χ4v) is 2.84. The van der Waals surface area contributed by atoms with E-state index in [4.69, 9.17) is 18.0 Å². The van der Waals surface area contributed by atoms with Crippen LogP contribution in [0.5, 0.6) is 0 Å². The Hall–Kier alpha value is -1.05. The average Bonchev–Trinajstić information content (AvgIpc) is 2.30. The number of aryl methyl sites for hydroxylation is 1. The SMILES string of the molecule is Cc1ccc(F)cc1S(=O)(=O)NCC(C)(C)C(N)=S. The zero-order valence-electron chi connectivity index (χ0n) is 11.0. The molecule has 0 radical (unpaired) electrons. The van der Waals surface area contributed by atoms with Crippen LogP contribution in [0.25, 0.3) is 0 Å². The van der Waals surface area contributed by atoms with Crippen molar-refractivity contribution in [2.75, 3.05) is 6.54 Å². The molecule has 1 aromatic rings. The molecule has 0 bridgehead atoms. The van der Waals surface area contributed by atoms with Gasteiger partial charge in [0.05, 0.1) is 9.88 Å². The largest absolute Gasteiger partial charge is 0.393 e. The summed E-state index contributed by atoms with van der Waals surface area (Å²) < 4.78 is 39.8. The van der Waals surface area contributed by atoms with E-state index < -0.39 is 21.3 Å². The predicted octanol–water partition coefficient (Wildman–Crippen LogP) is 1.72. The molecule has 0 amide bonds. The zero-order chi connectivity index (χ0) is 14.8. The van der Waals surface area contributed by atoms with Crippen LogP contribution in [-0.2, 0) is 10.0 Å². The third kappa shape index (κ3) is 3.95. The van der Waals surface area contributed by atoms with E-state index in [0.717, 1.165) is 6.07 Å². The number of hydrogen-bond acceptors (Lipinski definition) is 3. The van der Waals surface area contributed by atoms with E-state index in [0.29, 0.717) is 5.56 Å². The minimum Gasteiger partial charge on any atom is -0.393 e.